The lowest BCUT2D eigenvalue weighted by atomic mass is 10.1. The third-order valence-corrected chi connectivity index (χ3v) is 2.76. The molecule has 22 heavy (non-hydrogen) atoms. The number of anilines is 1. The summed E-state index contributed by atoms with van der Waals surface area (Å²) in [5.41, 5.74) is -0.247. The van der Waals surface area contributed by atoms with Crippen LogP contribution < -0.4 is 5.32 Å². The molecule has 0 saturated carbocycles. The van der Waals surface area contributed by atoms with Crippen LogP contribution in [0.3, 0.4) is 0 Å². The maximum absolute atomic E-state index is 13.4. The molecule has 0 saturated heterocycles. The van der Waals surface area contributed by atoms with Crippen LogP contribution in [0.4, 0.5) is 20.2 Å². The summed E-state index contributed by atoms with van der Waals surface area (Å²) in [6.07, 6.45) is 2.23. The molecule has 0 heterocycles. The first-order valence-corrected chi connectivity index (χ1v) is 6.15. The zero-order valence-electron chi connectivity index (χ0n) is 11.1. The van der Waals surface area contributed by atoms with Crippen molar-refractivity contribution in [2.75, 3.05) is 5.32 Å². The van der Waals surface area contributed by atoms with E-state index in [2.05, 4.69) is 5.32 Å². The van der Waals surface area contributed by atoms with Gasteiger partial charge in [-0.1, -0.05) is 18.2 Å². The molecular weight excluding hydrogens is 294 g/mol. The van der Waals surface area contributed by atoms with E-state index in [1.165, 1.54) is 36.4 Å². The van der Waals surface area contributed by atoms with Crippen molar-refractivity contribution in [3.63, 3.8) is 0 Å². The molecule has 0 fully saturated rings. The molecule has 2 aromatic rings. The van der Waals surface area contributed by atoms with E-state index >= 15 is 0 Å². The fourth-order valence-electron chi connectivity index (χ4n) is 1.73. The second-order valence-corrected chi connectivity index (χ2v) is 4.24. The standard InChI is InChI=1S/C15H10F2N2O3/c16-11-5-3-6-12(15(11)17)18-14(20)9-8-10-4-1-2-7-13(10)19(21)22/h1-9H,(H,18,20)/b9-8+. The molecule has 0 aromatic heterocycles. The first kappa shape index (κ1) is 15.3. The molecule has 0 aliphatic carbocycles. The fraction of sp³-hybridized carbons (Fsp3) is 0. The molecular formula is C15H10F2N2O3. The first-order chi connectivity index (χ1) is 10.5. The zero-order chi connectivity index (χ0) is 16.1. The summed E-state index contributed by atoms with van der Waals surface area (Å²) < 4.78 is 26.4. The average molecular weight is 304 g/mol. The molecule has 1 amide bonds. The Balaban J connectivity index is 2.16. The summed E-state index contributed by atoms with van der Waals surface area (Å²) >= 11 is 0. The van der Waals surface area contributed by atoms with Gasteiger partial charge in [0.15, 0.2) is 11.6 Å². The van der Waals surface area contributed by atoms with Gasteiger partial charge in [-0.15, -0.1) is 0 Å². The molecule has 112 valence electrons. The zero-order valence-corrected chi connectivity index (χ0v) is 11.1. The van der Waals surface area contributed by atoms with Crippen molar-refractivity contribution in [1.82, 2.24) is 0 Å². The van der Waals surface area contributed by atoms with Crippen LogP contribution in [0.5, 0.6) is 0 Å². The third-order valence-electron chi connectivity index (χ3n) is 2.76. The van der Waals surface area contributed by atoms with E-state index in [0.717, 1.165) is 12.1 Å². The quantitative estimate of drug-likeness (QED) is 0.533. The van der Waals surface area contributed by atoms with Gasteiger partial charge < -0.3 is 5.32 Å². The Morgan fingerprint density at radius 2 is 1.86 bits per heavy atom. The van der Waals surface area contributed by atoms with Crippen LogP contribution in [0.1, 0.15) is 5.56 Å². The van der Waals surface area contributed by atoms with Gasteiger partial charge in [-0.05, 0) is 24.3 Å². The number of nitrogens with zero attached hydrogens (tertiary/aromatic N) is 1. The molecule has 0 spiro atoms. The Bertz CT molecular complexity index is 760. The summed E-state index contributed by atoms with van der Waals surface area (Å²) in [5.74, 6) is -2.99. The van der Waals surface area contributed by atoms with E-state index in [-0.39, 0.29) is 16.9 Å². The number of halogens is 2. The van der Waals surface area contributed by atoms with Crippen molar-refractivity contribution in [2.45, 2.75) is 0 Å². The minimum atomic E-state index is -1.17. The second kappa shape index (κ2) is 6.57. The fourth-order valence-corrected chi connectivity index (χ4v) is 1.73. The van der Waals surface area contributed by atoms with Crippen LogP contribution in [0.15, 0.2) is 48.5 Å². The molecule has 2 rings (SSSR count). The van der Waals surface area contributed by atoms with Gasteiger partial charge in [-0.2, -0.15) is 0 Å². The predicted octanol–water partition coefficient (Wildman–Crippen LogP) is 3.52. The van der Waals surface area contributed by atoms with Crippen LogP contribution in [-0.2, 0) is 4.79 Å². The smallest absolute Gasteiger partial charge is 0.276 e. The number of rotatable bonds is 4. The maximum atomic E-state index is 13.4. The summed E-state index contributed by atoms with van der Waals surface area (Å²) in [7, 11) is 0. The number of carbonyl (C=O) groups is 1. The number of nitro benzene ring substituents is 1. The van der Waals surface area contributed by atoms with E-state index < -0.39 is 22.5 Å². The molecule has 1 N–H and O–H groups in total. The van der Waals surface area contributed by atoms with Crippen LogP contribution in [0.2, 0.25) is 0 Å². The van der Waals surface area contributed by atoms with Gasteiger partial charge in [0.1, 0.15) is 0 Å². The van der Waals surface area contributed by atoms with Crippen molar-refractivity contribution < 1.29 is 18.5 Å². The number of benzene rings is 2. The van der Waals surface area contributed by atoms with E-state index in [4.69, 9.17) is 0 Å². The average Bonchev–Trinajstić information content (AvgIpc) is 2.50. The number of amides is 1. The number of hydrogen-bond acceptors (Lipinski definition) is 3. The Morgan fingerprint density at radius 3 is 2.59 bits per heavy atom. The molecule has 0 atom stereocenters. The summed E-state index contributed by atoms with van der Waals surface area (Å²) in [4.78, 5) is 21.9. The molecule has 0 aliphatic rings. The van der Waals surface area contributed by atoms with Gasteiger partial charge in [0.2, 0.25) is 5.91 Å². The molecule has 0 radical (unpaired) electrons. The van der Waals surface area contributed by atoms with Gasteiger partial charge in [-0.3, -0.25) is 14.9 Å². The molecule has 0 bridgehead atoms. The van der Waals surface area contributed by atoms with Crippen LogP contribution in [0.25, 0.3) is 6.08 Å². The van der Waals surface area contributed by atoms with Crippen molar-refractivity contribution >= 4 is 23.4 Å². The molecule has 5 nitrogen and oxygen atoms in total. The third kappa shape index (κ3) is 3.51. The first-order valence-electron chi connectivity index (χ1n) is 6.15. The molecule has 0 unspecified atom stereocenters. The van der Waals surface area contributed by atoms with Crippen LogP contribution >= 0.6 is 0 Å². The van der Waals surface area contributed by atoms with Crippen molar-refractivity contribution in [1.29, 1.82) is 0 Å². The summed E-state index contributed by atoms with van der Waals surface area (Å²) in [6.45, 7) is 0. The lowest BCUT2D eigenvalue weighted by Gasteiger charge is -2.04. The van der Waals surface area contributed by atoms with E-state index in [1.54, 1.807) is 6.07 Å². The topological polar surface area (TPSA) is 72.2 Å². The normalized spacial score (nSPS) is 10.6. The van der Waals surface area contributed by atoms with E-state index in [9.17, 15) is 23.7 Å². The van der Waals surface area contributed by atoms with Gasteiger partial charge in [0, 0.05) is 12.1 Å². The van der Waals surface area contributed by atoms with Crippen molar-refractivity contribution in [3.8, 4) is 0 Å². The van der Waals surface area contributed by atoms with E-state index in [1.807, 2.05) is 0 Å². The molecule has 0 aliphatic heterocycles. The van der Waals surface area contributed by atoms with Crippen molar-refractivity contribution in [2.24, 2.45) is 0 Å². The van der Waals surface area contributed by atoms with Gasteiger partial charge in [-0.25, -0.2) is 8.78 Å². The Hall–Kier alpha value is -3.09. The number of para-hydroxylation sites is 1. The van der Waals surface area contributed by atoms with Gasteiger partial charge in [0.25, 0.3) is 5.69 Å². The summed E-state index contributed by atoms with van der Waals surface area (Å²) in [5, 5.41) is 13.0. The van der Waals surface area contributed by atoms with Gasteiger partial charge in [0.05, 0.1) is 16.2 Å². The predicted molar refractivity (Wildman–Crippen MR) is 77.1 cm³/mol. The lowest BCUT2D eigenvalue weighted by Crippen LogP contribution is -2.10. The van der Waals surface area contributed by atoms with Crippen molar-refractivity contribution in [3.05, 3.63) is 75.9 Å². The van der Waals surface area contributed by atoms with Crippen LogP contribution in [-0.4, -0.2) is 10.8 Å². The highest BCUT2D eigenvalue weighted by molar-refractivity contribution is 6.02. The van der Waals surface area contributed by atoms with E-state index in [0.29, 0.717) is 0 Å². The minimum absolute atomic E-state index is 0.163. The summed E-state index contributed by atoms with van der Waals surface area (Å²) in [6, 6.07) is 9.21. The monoisotopic (exact) mass is 304 g/mol. The van der Waals surface area contributed by atoms with Crippen LogP contribution in [0, 0.1) is 21.7 Å². The Morgan fingerprint density at radius 1 is 1.14 bits per heavy atom. The molecule has 2 aromatic carbocycles. The lowest BCUT2D eigenvalue weighted by molar-refractivity contribution is -0.385. The number of carbonyl (C=O) groups excluding carboxylic acids is 1. The highest BCUT2D eigenvalue weighted by atomic mass is 19.2. The number of nitro groups is 1. The second-order valence-electron chi connectivity index (χ2n) is 4.24. The Labute approximate surface area is 124 Å². The highest BCUT2D eigenvalue weighted by Crippen LogP contribution is 2.19. The highest BCUT2D eigenvalue weighted by Gasteiger charge is 2.11. The Kier molecular flexibility index (Phi) is 4.57. The van der Waals surface area contributed by atoms with Gasteiger partial charge >= 0.3 is 0 Å². The minimum Gasteiger partial charge on any atom is -0.320 e. The largest absolute Gasteiger partial charge is 0.320 e. The number of hydrogen-bond donors (Lipinski definition) is 1. The maximum Gasteiger partial charge on any atom is 0.276 e. The SMILES string of the molecule is O=C(/C=C/c1ccccc1[N+](=O)[O-])Nc1cccc(F)c1F. The molecule has 7 heteroatoms. The number of nitrogens with one attached hydrogen (secondary N) is 1.